The summed E-state index contributed by atoms with van der Waals surface area (Å²) in [6.45, 7) is 1.96. The Balaban J connectivity index is 1.61. The maximum atomic E-state index is 4.58. The second kappa shape index (κ2) is 7.57. The summed E-state index contributed by atoms with van der Waals surface area (Å²) in [5.41, 5.74) is 6.77. The molecule has 0 fully saturated rings. The van der Waals surface area contributed by atoms with Crippen molar-refractivity contribution in [2.45, 2.75) is 6.92 Å². The van der Waals surface area contributed by atoms with Crippen LogP contribution in [-0.2, 0) is 0 Å². The number of nitrogens with one attached hydrogen (secondary N) is 1. The van der Waals surface area contributed by atoms with E-state index in [4.69, 9.17) is 0 Å². The maximum absolute atomic E-state index is 4.58. The molecule has 132 valence electrons. The lowest BCUT2D eigenvalue weighted by molar-refractivity contribution is 0.832. The van der Waals surface area contributed by atoms with Gasteiger partial charge in [0.2, 0.25) is 0 Å². The molecule has 3 aromatic heterocycles. The van der Waals surface area contributed by atoms with Crippen LogP contribution in [0, 0.1) is 6.92 Å². The maximum Gasteiger partial charge on any atom is 0.159 e. The molecule has 0 spiro atoms. The van der Waals surface area contributed by atoms with Gasteiger partial charge in [0.1, 0.15) is 6.33 Å². The minimum absolute atomic E-state index is 0.576. The molecule has 27 heavy (non-hydrogen) atoms. The third-order valence-electron chi connectivity index (χ3n) is 3.85. The largest absolute Gasteiger partial charge is 0.264 e. The first-order valence-electron chi connectivity index (χ1n) is 8.43. The fraction of sp³-hybridized carbons (Fsp3) is 0.0500. The van der Waals surface area contributed by atoms with Gasteiger partial charge in [-0.3, -0.25) is 10.4 Å². The van der Waals surface area contributed by atoms with Gasteiger partial charge >= 0.3 is 0 Å². The normalized spacial score (nSPS) is 11.0. The highest BCUT2D eigenvalue weighted by Gasteiger charge is 2.11. The zero-order valence-corrected chi connectivity index (χ0v) is 14.7. The van der Waals surface area contributed by atoms with Gasteiger partial charge in [-0.25, -0.2) is 14.6 Å². The Hall–Kier alpha value is -3.87. The molecular weight excluding hydrogens is 338 g/mol. The van der Waals surface area contributed by atoms with E-state index in [9.17, 15) is 0 Å². The molecule has 0 saturated carbocycles. The van der Waals surface area contributed by atoms with Gasteiger partial charge in [0.05, 0.1) is 17.6 Å². The van der Waals surface area contributed by atoms with Crippen LogP contribution in [-0.4, -0.2) is 30.9 Å². The number of nitrogens with zero attached hydrogens (tertiary/aromatic N) is 6. The molecule has 0 aliphatic heterocycles. The van der Waals surface area contributed by atoms with Crippen LogP contribution in [0.2, 0.25) is 0 Å². The lowest BCUT2D eigenvalue weighted by atomic mass is 10.1. The number of aromatic nitrogens is 5. The summed E-state index contributed by atoms with van der Waals surface area (Å²) in [6.07, 6.45) is 6.62. The van der Waals surface area contributed by atoms with Crippen molar-refractivity contribution in [1.82, 2.24) is 24.7 Å². The summed E-state index contributed by atoms with van der Waals surface area (Å²) < 4.78 is 1.81. The van der Waals surface area contributed by atoms with Crippen molar-refractivity contribution in [1.29, 1.82) is 0 Å². The van der Waals surface area contributed by atoms with Gasteiger partial charge in [-0.05, 0) is 19.1 Å². The van der Waals surface area contributed by atoms with Gasteiger partial charge in [-0.15, -0.1) is 0 Å². The van der Waals surface area contributed by atoms with Crippen molar-refractivity contribution >= 4 is 12.0 Å². The van der Waals surface area contributed by atoms with Crippen LogP contribution >= 0.6 is 0 Å². The second-order valence-electron chi connectivity index (χ2n) is 5.87. The van der Waals surface area contributed by atoms with E-state index in [0.717, 1.165) is 22.5 Å². The first-order chi connectivity index (χ1) is 13.3. The number of aryl methyl sites for hydroxylation is 1. The van der Waals surface area contributed by atoms with E-state index in [0.29, 0.717) is 11.6 Å². The van der Waals surface area contributed by atoms with Gasteiger partial charge in [0.25, 0.3) is 0 Å². The molecule has 7 nitrogen and oxygen atoms in total. The van der Waals surface area contributed by atoms with Crippen LogP contribution in [0.1, 0.15) is 11.3 Å². The number of benzene rings is 1. The van der Waals surface area contributed by atoms with Crippen molar-refractivity contribution < 1.29 is 0 Å². The number of hydrazone groups is 1. The van der Waals surface area contributed by atoms with Crippen LogP contribution in [0.4, 0.5) is 5.82 Å². The predicted octanol–water partition coefficient (Wildman–Crippen LogP) is 3.48. The van der Waals surface area contributed by atoms with Crippen molar-refractivity contribution in [3.63, 3.8) is 0 Å². The minimum Gasteiger partial charge on any atom is -0.264 e. The first-order valence-corrected chi connectivity index (χ1v) is 8.43. The fourth-order valence-electron chi connectivity index (χ4n) is 2.64. The topological polar surface area (TPSA) is 80.9 Å². The molecule has 0 bridgehead atoms. The number of rotatable bonds is 5. The zero-order chi connectivity index (χ0) is 18.5. The van der Waals surface area contributed by atoms with E-state index in [2.05, 4.69) is 30.6 Å². The van der Waals surface area contributed by atoms with E-state index in [-0.39, 0.29) is 0 Å². The summed E-state index contributed by atoms with van der Waals surface area (Å²) in [5.74, 6) is 1.24. The molecule has 0 unspecified atom stereocenters. The first kappa shape index (κ1) is 16.6. The SMILES string of the molecule is Cc1cc(-c2ccccc2)n(-c2cc(N/N=C\c3cccnc3)ncn2)n1. The molecule has 0 saturated heterocycles. The van der Waals surface area contributed by atoms with E-state index in [1.54, 1.807) is 24.7 Å². The summed E-state index contributed by atoms with van der Waals surface area (Å²) in [4.78, 5) is 12.6. The van der Waals surface area contributed by atoms with E-state index in [1.807, 2.05) is 60.1 Å². The van der Waals surface area contributed by atoms with E-state index >= 15 is 0 Å². The number of pyridine rings is 1. The molecular formula is C20H17N7. The quantitative estimate of drug-likeness (QED) is 0.438. The molecule has 1 aromatic carbocycles. The summed E-state index contributed by atoms with van der Waals surface area (Å²) in [6, 6.07) is 17.7. The monoisotopic (exact) mass is 355 g/mol. The van der Waals surface area contributed by atoms with Crippen LogP contribution in [0.25, 0.3) is 17.1 Å². The van der Waals surface area contributed by atoms with Crippen LogP contribution in [0.15, 0.2) is 78.4 Å². The van der Waals surface area contributed by atoms with E-state index < -0.39 is 0 Å². The fourth-order valence-corrected chi connectivity index (χ4v) is 2.64. The standard InChI is InChI=1S/C20H17N7/c1-15-10-18(17-7-3-2-4-8-17)27(26-15)20-11-19(22-14-23-20)25-24-13-16-6-5-9-21-12-16/h2-14H,1H3,(H,22,23,25)/b24-13-. The molecule has 0 radical (unpaired) electrons. The predicted molar refractivity (Wildman–Crippen MR) is 105 cm³/mol. The Kier molecular flexibility index (Phi) is 4.65. The highest BCUT2D eigenvalue weighted by atomic mass is 15.3. The average molecular weight is 355 g/mol. The zero-order valence-electron chi connectivity index (χ0n) is 14.7. The smallest absolute Gasteiger partial charge is 0.159 e. The van der Waals surface area contributed by atoms with Crippen LogP contribution in [0.5, 0.6) is 0 Å². The minimum atomic E-state index is 0.576. The third-order valence-corrected chi connectivity index (χ3v) is 3.85. The van der Waals surface area contributed by atoms with Crippen LogP contribution in [0.3, 0.4) is 0 Å². The molecule has 1 N–H and O–H groups in total. The summed E-state index contributed by atoms with van der Waals surface area (Å²) in [5, 5.41) is 8.78. The van der Waals surface area contributed by atoms with E-state index in [1.165, 1.54) is 6.33 Å². The third kappa shape index (κ3) is 3.87. The van der Waals surface area contributed by atoms with Crippen LogP contribution < -0.4 is 5.43 Å². The molecule has 0 atom stereocenters. The molecule has 3 heterocycles. The Bertz CT molecular complexity index is 1060. The van der Waals surface area contributed by atoms with Gasteiger partial charge in [-0.2, -0.15) is 10.2 Å². The van der Waals surface area contributed by atoms with Crippen molar-refractivity contribution in [2.24, 2.45) is 5.10 Å². The van der Waals surface area contributed by atoms with Gasteiger partial charge in [-0.1, -0.05) is 36.4 Å². The summed E-state index contributed by atoms with van der Waals surface area (Å²) >= 11 is 0. The second-order valence-corrected chi connectivity index (χ2v) is 5.87. The van der Waals surface area contributed by atoms with Gasteiger partial charge in [0.15, 0.2) is 11.6 Å². The van der Waals surface area contributed by atoms with Crippen molar-refractivity contribution in [2.75, 3.05) is 5.43 Å². The lowest BCUT2D eigenvalue weighted by Gasteiger charge is -2.07. The Morgan fingerprint density at radius 1 is 1.04 bits per heavy atom. The highest BCUT2D eigenvalue weighted by Crippen LogP contribution is 2.23. The molecule has 4 rings (SSSR count). The molecule has 0 amide bonds. The lowest BCUT2D eigenvalue weighted by Crippen LogP contribution is -2.04. The summed E-state index contributed by atoms with van der Waals surface area (Å²) in [7, 11) is 0. The number of anilines is 1. The molecule has 0 aliphatic carbocycles. The highest BCUT2D eigenvalue weighted by molar-refractivity contribution is 5.79. The Labute approximate surface area is 156 Å². The van der Waals surface area contributed by atoms with Crippen molar-refractivity contribution in [3.05, 3.63) is 84.6 Å². The Morgan fingerprint density at radius 2 is 1.93 bits per heavy atom. The average Bonchev–Trinajstić information content (AvgIpc) is 3.12. The molecule has 0 aliphatic rings. The molecule has 7 heteroatoms. The number of hydrogen-bond acceptors (Lipinski definition) is 6. The molecule has 4 aromatic rings. The van der Waals surface area contributed by atoms with Gasteiger partial charge in [0, 0.05) is 29.6 Å². The van der Waals surface area contributed by atoms with Crippen molar-refractivity contribution in [3.8, 4) is 17.1 Å². The Morgan fingerprint density at radius 3 is 2.74 bits per heavy atom. The van der Waals surface area contributed by atoms with Gasteiger partial charge < -0.3 is 0 Å². The number of hydrogen-bond donors (Lipinski definition) is 1.